The maximum Gasteiger partial charge on any atom is 0.408 e. The number of nitrogens with one attached hydrogen (secondary N) is 1. The number of esters is 1. The lowest BCUT2D eigenvalue weighted by Gasteiger charge is -2.51. The lowest BCUT2D eigenvalue weighted by Crippen LogP contribution is -2.70. The molecule has 2 aromatic rings. The Morgan fingerprint density at radius 1 is 1.03 bits per heavy atom. The minimum Gasteiger partial charge on any atom is -0.467 e. The summed E-state index contributed by atoms with van der Waals surface area (Å²) in [4.78, 5) is 39.2. The largest absolute Gasteiger partial charge is 0.467 e. The van der Waals surface area contributed by atoms with E-state index in [1.54, 1.807) is 6.92 Å². The zero-order valence-corrected chi connectivity index (χ0v) is 17.2. The molecule has 1 heterocycles. The summed E-state index contributed by atoms with van der Waals surface area (Å²) in [7, 11) is 1.32. The van der Waals surface area contributed by atoms with Gasteiger partial charge >= 0.3 is 12.1 Å². The van der Waals surface area contributed by atoms with E-state index < -0.39 is 23.6 Å². The number of alkyl carbamates (subject to hydrolysis) is 1. The summed E-state index contributed by atoms with van der Waals surface area (Å²) in [6.45, 7) is 2.11. The molecule has 0 spiro atoms. The highest BCUT2D eigenvalue weighted by atomic mass is 16.5. The van der Waals surface area contributed by atoms with Gasteiger partial charge in [0.15, 0.2) is 0 Å². The van der Waals surface area contributed by atoms with Crippen molar-refractivity contribution < 1.29 is 23.9 Å². The normalized spacial score (nSPS) is 18.7. The van der Waals surface area contributed by atoms with Gasteiger partial charge in [-0.05, 0) is 24.5 Å². The van der Waals surface area contributed by atoms with Crippen LogP contribution in [0, 0.1) is 0 Å². The Kier molecular flexibility index (Phi) is 6.72. The molecule has 0 aliphatic carbocycles. The Morgan fingerprint density at radius 3 is 2.17 bits per heavy atom. The maximum atomic E-state index is 13.0. The van der Waals surface area contributed by atoms with Crippen LogP contribution in [0.2, 0.25) is 0 Å². The Morgan fingerprint density at radius 2 is 1.63 bits per heavy atom. The summed E-state index contributed by atoms with van der Waals surface area (Å²) < 4.78 is 10.2. The van der Waals surface area contributed by atoms with Gasteiger partial charge in [-0.15, -0.1) is 0 Å². The Balaban J connectivity index is 1.63. The number of hydrogen-bond acceptors (Lipinski definition) is 5. The van der Waals surface area contributed by atoms with Gasteiger partial charge in [-0.25, -0.2) is 9.59 Å². The fraction of sp³-hybridized carbons (Fsp3) is 0.348. The van der Waals surface area contributed by atoms with E-state index in [4.69, 9.17) is 9.47 Å². The summed E-state index contributed by atoms with van der Waals surface area (Å²) >= 11 is 0. The number of amides is 2. The Labute approximate surface area is 176 Å². The SMILES string of the molecule is COC(=O)[C@@]1(Cc2ccccc2)CCN1C(=O)[C@H](C)NC(=O)OCc1ccccc1. The Bertz CT molecular complexity index is 887. The standard InChI is InChI=1S/C23H26N2O5/c1-17(24-22(28)30-16-19-11-7-4-8-12-19)20(26)25-14-13-23(25,21(27)29-2)15-18-9-5-3-6-10-18/h3-12,17H,13-16H2,1-2H3,(H,24,28)/t17-,23-/m0/s1. The smallest absolute Gasteiger partial charge is 0.408 e. The van der Waals surface area contributed by atoms with Crippen LogP contribution in [0.4, 0.5) is 4.79 Å². The number of carbonyl (C=O) groups excluding carboxylic acids is 3. The average Bonchev–Trinajstić information content (AvgIpc) is 2.76. The van der Waals surface area contributed by atoms with E-state index in [2.05, 4.69) is 5.32 Å². The third-order valence-electron chi connectivity index (χ3n) is 5.35. The number of methoxy groups -OCH3 is 1. The van der Waals surface area contributed by atoms with E-state index in [0.717, 1.165) is 11.1 Å². The highest BCUT2D eigenvalue weighted by Gasteiger charge is 2.55. The molecule has 2 atom stereocenters. The highest BCUT2D eigenvalue weighted by Crippen LogP contribution is 2.36. The lowest BCUT2D eigenvalue weighted by atomic mass is 9.78. The molecule has 7 nitrogen and oxygen atoms in total. The predicted molar refractivity (Wildman–Crippen MR) is 110 cm³/mol. The van der Waals surface area contributed by atoms with E-state index in [1.807, 2.05) is 60.7 Å². The van der Waals surface area contributed by atoms with E-state index >= 15 is 0 Å². The van der Waals surface area contributed by atoms with E-state index in [0.29, 0.717) is 19.4 Å². The van der Waals surface area contributed by atoms with Gasteiger partial charge in [0, 0.05) is 13.0 Å². The third-order valence-corrected chi connectivity index (χ3v) is 5.35. The second-order valence-electron chi connectivity index (χ2n) is 7.35. The van der Waals surface area contributed by atoms with Gasteiger partial charge < -0.3 is 19.7 Å². The van der Waals surface area contributed by atoms with Gasteiger partial charge in [-0.3, -0.25) is 4.79 Å². The van der Waals surface area contributed by atoms with E-state index in [1.165, 1.54) is 12.0 Å². The van der Waals surface area contributed by atoms with Gasteiger partial charge in [0.25, 0.3) is 0 Å². The average molecular weight is 410 g/mol. The molecular formula is C23H26N2O5. The number of nitrogens with zero attached hydrogens (tertiary/aromatic N) is 1. The van der Waals surface area contributed by atoms with Crippen LogP contribution in [0.3, 0.4) is 0 Å². The zero-order chi connectivity index (χ0) is 21.6. The molecule has 1 fully saturated rings. The van der Waals surface area contributed by atoms with Crippen molar-refractivity contribution >= 4 is 18.0 Å². The zero-order valence-electron chi connectivity index (χ0n) is 17.2. The molecule has 2 amide bonds. The van der Waals surface area contributed by atoms with Crippen molar-refractivity contribution in [2.24, 2.45) is 0 Å². The summed E-state index contributed by atoms with van der Waals surface area (Å²) in [5.74, 6) is -0.802. The van der Waals surface area contributed by atoms with Gasteiger partial charge in [0.1, 0.15) is 18.2 Å². The minimum atomic E-state index is -1.06. The van der Waals surface area contributed by atoms with Crippen LogP contribution in [0.15, 0.2) is 60.7 Å². The Hall–Kier alpha value is -3.35. The minimum absolute atomic E-state index is 0.109. The first-order valence-corrected chi connectivity index (χ1v) is 9.87. The molecule has 1 aliphatic rings. The van der Waals surface area contributed by atoms with Crippen molar-refractivity contribution in [1.29, 1.82) is 0 Å². The maximum absolute atomic E-state index is 13.0. The monoisotopic (exact) mass is 410 g/mol. The van der Waals surface area contributed by atoms with E-state index in [-0.39, 0.29) is 12.5 Å². The van der Waals surface area contributed by atoms with Gasteiger partial charge in [-0.2, -0.15) is 0 Å². The number of likely N-dealkylation sites (tertiary alicyclic amines) is 1. The number of rotatable bonds is 7. The molecule has 0 radical (unpaired) electrons. The predicted octanol–water partition coefficient (Wildman–Crippen LogP) is 2.69. The van der Waals surface area contributed by atoms with Crippen molar-refractivity contribution in [3.63, 3.8) is 0 Å². The molecule has 3 rings (SSSR count). The molecule has 0 unspecified atom stereocenters. The van der Waals surface area contributed by atoms with Crippen molar-refractivity contribution in [2.45, 2.75) is 38.0 Å². The van der Waals surface area contributed by atoms with Gasteiger partial charge in [-0.1, -0.05) is 60.7 Å². The summed E-state index contributed by atoms with van der Waals surface area (Å²) in [5.41, 5.74) is 0.724. The van der Waals surface area contributed by atoms with Crippen molar-refractivity contribution in [2.75, 3.05) is 13.7 Å². The van der Waals surface area contributed by atoms with Crippen molar-refractivity contribution in [3.8, 4) is 0 Å². The summed E-state index contributed by atoms with van der Waals surface area (Å²) in [5, 5.41) is 2.55. The van der Waals surface area contributed by atoms with Crippen LogP contribution in [0.25, 0.3) is 0 Å². The van der Waals surface area contributed by atoms with Crippen LogP contribution >= 0.6 is 0 Å². The molecule has 1 aliphatic heterocycles. The number of carbonyl (C=O) groups is 3. The quantitative estimate of drug-likeness (QED) is 0.710. The van der Waals surface area contributed by atoms with Crippen molar-refractivity contribution in [1.82, 2.24) is 10.2 Å². The summed E-state index contributed by atoms with van der Waals surface area (Å²) in [6.07, 6.45) is 0.176. The van der Waals surface area contributed by atoms with Crippen LogP contribution in [-0.4, -0.2) is 48.1 Å². The van der Waals surface area contributed by atoms with Crippen LogP contribution in [0.5, 0.6) is 0 Å². The van der Waals surface area contributed by atoms with E-state index in [9.17, 15) is 14.4 Å². The first-order chi connectivity index (χ1) is 14.5. The lowest BCUT2D eigenvalue weighted by molar-refractivity contribution is -0.174. The molecule has 7 heteroatoms. The number of hydrogen-bond donors (Lipinski definition) is 1. The fourth-order valence-electron chi connectivity index (χ4n) is 3.64. The van der Waals surface area contributed by atoms with Crippen molar-refractivity contribution in [3.05, 3.63) is 71.8 Å². The van der Waals surface area contributed by atoms with Crippen LogP contribution in [-0.2, 0) is 32.1 Å². The third kappa shape index (κ3) is 4.62. The molecule has 0 aromatic heterocycles. The molecule has 1 saturated heterocycles. The molecule has 0 saturated carbocycles. The first kappa shape index (κ1) is 21.4. The highest BCUT2D eigenvalue weighted by molar-refractivity contribution is 5.93. The molecule has 1 N–H and O–H groups in total. The summed E-state index contributed by atoms with van der Waals surface area (Å²) in [6, 6.07) is 17.9. The molecular weight excluding hydrogens is 384 g/mol. The first-order valence-electron chi connectivity index (χ1n) is 9.87. The molecule has 0 bridgehead atoms. The second-order valence-corrected chi connectivity index (χ2v) is 7.35. The van der Waals surface area contributed by atoms with Gasteiger partial charge in [0.2, 0.25) is 5.91 Å². The fourth-order valence-corrected chi connectivity index (χ4v) is 3.64. The number of ether oxygens (including phenoxy) is 2. The topological polar surface area (TPSA) is 84.9 Å². The number of benzene rings is 2. The van der Waals surface area contributed by atoms with Gasteiger partial charge in [0.05, 0.1) is 7.11 Å². The molecule has 158 valence electrons. The van der Waals surface area contributed by atoms with Crippen LogP contribution in [0.1, 0.15) is 24.5 Å². The second kappa shape index (κ2) is 9.43. The molecule has 30 heavy (non-hydrogen) atoms. The van der Waals surface area contributed by atoms with Crippen LogP contribution < -0.4 is 5.32 Å². The molecule has 2 aromatic carbocycles.